The Kier molecular flexibility index (Phi) is 4.30. The minimum atomic E-state index is -0.789. The van der Waals surface area contributed by atoms with Crippen molar-refractivity contribution in [2.24, 2.45) is 5.92 Å². The van der Waals surface area contributed by atoms with Crippen LogP contribution in [0.3, 0.4) is 0 Å². The van der Waals surface area contributed by atoms with Crippen LogP contribution in [-0.4, -0.2) is 16.1 Å². The van der Waals surface area contributed by atoms with E-state index in [1.165, 1.54) is 11.1 Å². The summed E-state index contributed by atoms with van der Waals surface area (Å²) < 4.78 is 0. The normalized spacial score (nSPS) is 17.0. The molecule has 0 saturated heterocycles. The molecule has 4 nitrogen and oxygen atoms in total. The highest BCUT2D eigenvalue weighted by Gasteiger charge is 2.16. The van der Waals surface area contributed by atoms with Gasteiger partial charge in [-0.05, 0) is 43.5 Å². The zero-order chi connectivity index (χ0) is 16.4. The van der Waals surface area contributed by atoms with Gasteiger partial charge in [0.2, 0.25) is 0 Å². The number of allylic oxidation sites excluding steroid dienone is 2. The van der Waals surface area contributed by atoms with E-state index in [2.05, 4.69) is 42.3 Å². The zero-order valence-electron chi connectivity index (χ0n) is 13.0. The van der Waals surface area contributed by atoms with Crippen LogP contribution in [0.15, 0.2) is 47.5 Å². The van der Waals surface area contributed by atoms with E-state index < -0.39 is 11.9 Å². The van der Waals surface area contributed by atoms with Crippen LogP contribution < -0.4 is 5.32 Å². The van der Waals surface area contributed by atoms with Gasteiger partial charge in [0.25, 0.3) is 0 Å². The summed E-state index contributed by atoms with van der Waals surface area (Å²) in [6.45, 7) is 4.19. The second-order valence-electron chi connectivity index (χ2n) is 5.66. The lowest BCUT2D eigenvalue weighted by Gasteiger charge is -2.12. The predicted octanol–water partition coefficient (Wildman–Crippen LogP) is 4.38. The monoisotopic (exact) mass is 326 g/mol. The predicted molar refractivity (Wildman–Crippen MR) is 93.6 cm³/mol. The summed E-state index contributed by atoms with van der Waals surface area (Å²) in [7, 11) is 0. The molecule has 1 aromatic carbocycles. The van der Waals surface area contributed by atoms with Crippen molar-refractivity contribution in [2.75, 3.05) is 5.32 Å². The van der Waals surface area contributed by atoms with Gasteiger partial charge in [-0.1, -0.05) is 24.3 Å². The van der Waals surface area contributed by atoms with Gasteiger partial charge < -0.3 is 10.4 Å². The van der Waals surface area contributed by atoms with Crippen LogP contribution in [0.1, 0.15) is 17.5 Å². The van der Waals surface area contributed by atoms with Crippen molar-refractivity contribution in [1.29, 1.82) is 0 Å². The first kappa shape index (κ1) is 15.5. The molecule has 1 aromatic heterocycles. The molecule has 0 amide bonds. The lowest BCUT2D eigenvalue weighted by molar-refractivity contribution is -0.139. The van der Waals surface area contributed by atoms with Gasteiger partial charge >= 0.3 is 5.97 Å². The molecule has 0 aliphatic heterocycles. The highest BCUT2D eigenvalue weighted by Crippen LogP contribution is 2.28. The quantitative estimate of drug-likeness (QED) is 0.875. The van der Waals surface area contributed by atoms with E-state index in [0.29, 0.717) is 6.42 Å². The van der Waals surface area contributed by atoms with Crippen LogP contribution in [-0.2, 0) is 4.79 Å². The standard InChI is InChI=1S/C18H18N2O2S/c1-11-3-4-14(9-12(11)2)16-10-23-18(20-16)19-15-7-5-13(6-8-15)17(21)22/h3-5,7-10,13H,6H2,1-2H3,(H,19,20)(H,21,22). The second kappa shape index (κ2) is 6.38. The number of rotatable bonds is 4. The molecular weight excluding hydrogens is 308 g/mol. The van der Waals surface area contributed by atoms with Gasteiger partial charge in [-0.3, -0.25) is 4.79 Å². The number of aliphatic carboxylic acids is 1. The Bertz CT molecular complexity index is 805. The van der Waals surface area contributed by atoms with E-state index in [1.54, 1.807) is 23.5 Å². The van der Waals surface area contributed by atoms with E-state index in [4.69, 9.17) is 5.11 Å². The maximum absolute atomic E-state index is 10.9. The molecule has 118 valence electrons. The average molecular weight is 326 g/mol. The molecule has 1 unspecified atom stereocenters. The van der Waals surface area contributed by atoms with Crippen molar-refractivity contribution in [3.63, 3.8) is 0 Å². The summed E-state index contributed by atoms with van der Waals surface area (Å²) in [6.07, 6.45) is 5.92. The number of carbonyl (C=O) groups is 1. The summed E-state index contributed by atoms with van der Waals surface area (Å²) in [5.41, 5.74) is 5.47. The number of nitrogens with zero attached hydrogens (tertiary/aromatic N) is 1. The third-order valence-corrected chi connectivity index (χ3v) is 4.73. The highest BCUT2D eigenvalue weighted by atomic mass is 32.1. The fraction of sp³-hybridized carbons (Fsp3) is 0.222. The third-order valence-electron chi connectivity index (χ3n) is 3.98. The van der Waals surface area contributed by atoms with E-state index >= 15 is 0 Å². The zero-order valence-corrected chi connectivity index (χ0v) is 13.9. The number of aromatic nitrogens is 1. The Morgan fingerprint density at radius 2 is 2.17 bits per heavy atom. The fourth-order valence-corrected chi connectivity index (χ4v) is 3.12. The number of aryl methyl sites for hydroxylation is 2. The lowest BCUT2D eigenvalue weighted by atomic mass is 10.00. The minimum absolute atomic E-state index is 0.428. The number of anilines is 1. The molecule has 2 aromatic rings. The van der Waals surface area contributed by atoms with Crippen molar-refractivity contribution in [2.45, 2.75) is 20.3 Å². The summed E-state index contributed by atoms with van der Waals surface area (Å²) in [5.74, 6) is -1.22. The van der Waals surface area contributed by atoms with Crippen LogP contribution in [0, 0.1) is 19.8 Å². The van der Waals surface area contributed by atoms with Crippen molar-refractivity contribution < 1.29 is 9.90 Å². The molecular formula is C18H18N2O2S. The van der Waals surface area contributed by atoms with E-state index in [9.17, 15) is 4.79 Å². The minimum Gasteiger partial charge on any atom is -0.481 e. The molecule has 0 fully saturated rings. The van der Waals surface area contributed by atoms with Crippen molar-refractivity contribution in [3.8, 4) is 11.3 Å². The molecule has 1 aliphatic carbocycles. The van der Waals surface area contributed by atoms with Gasteiger partial charge in [0.05, 0.1) is 11.6 Å². The molecule has 3 rings (SSSR count). The second-order valence-corrected chi connectivity index (χ2v) is 6.52. The largest absolute Gasteiger partial charge is 0.481 e. The molecule has 5 heteroatoms. The molecule has 23 heavy (non-hydrogen) atoms. The number of carboxylic acid groups (broad SMARTS) is 1. The number of carboxylic acids is 1. The molecule has 0 radical (unpaired) electrons. The van der Waals surface area contributed by atoms with Crippen LogP contribution >= 0.6 is 11.3 Å². The topological polar surface area (TPSA) is 62.2 Å². The van der Waals surface area contributed by atoms with E-state index in [-0.39, 0.29) is 0 Å². The van der Waals surface area contributed by atoms with Crippen LogP contribution in [0.5, 0.6) is 0 Å². The number of benzene rings is 1. The fourth-order valence-electron chi connectivity index (χ4n) is 2.38. The average Bonchev–Trinajstić information content (AvgIpc) is 2.99. The summed E-state index contributed by atoms with van der Waals surface area (Å²) in [5, 5.41) is 15.1. The van der Waals surface area contributed by atoms with Gasteiger partial charge in [0.15, 0.2) is 5.13 Å². The summed E-state index contributed by atoms with van der Waals surface area (Å²) in [4.78, 5) is 15.5. The number of thiazole rings is 1. The van der Waals surface area contributed by atoms with Crippen LogP contribution in [0.25, 0.3) is 11.3 Å². The molecule has 0 bridgehead atoms. The lowest BCUT2D eigenvalue weighted by Crippen LogP contribution is -2.13. The number of nitrogens with one attached hydrogen (secondary N) is 1. The van der Waals surface area contributed by atoms with Crippen molar-refractivity contribution in [1.82, 2.24) is 4.98 Å². The summed E-state index contributed by atoms with van der Waals surface area (Å²) in [6, 6.07) is 6.33. The molecule has 2 N–H and O–H groups in total. The first-order valence-electron chi connectivity index (χ1n) is 7.44. The third kappa shape index (κ3) is 3.51. The SMILES string of the molecule is Cc1ccc(-c2csc(NC3=CCC(C(=O)O)C=C3)n2)cc1C. The molecule has 0 spiro atoms. The Balaban J connectivity index is 1.72. The van der Waals surface area contributed by atoms with Crippen LogP contribution in [0.4, 0.5) is 5.13 Å². The van der Waals surface area contributed by atoms with Gasteiger partial charge in [-0.2, -0.15) is 0 Å². The molecule has 1 aliphatic rings. The summed E-state index contributed by atoms with van der Waals surface area (Å²) >= 11 is 1.54. The Hall–Kier alpha value is -2.40. The van der Waals surface area contributed by atoms with Crippen molar-refractivity contribution in [3.05, 3.63) is 58.6 Å². The van der Waals surface area contributed by atoms with Gasteiger partial charge in [-0.25, -0.2) is 4.98 Å². The van der Waals surface area contributed by atoms with Gasteiger partial charge in [0, 0.05) is 16.6 Å². The molecule has 1 atom stereocenters. The maximum Gasteiger partial charge on any atom is 0.310 e. The van der Waals surface area contributed by atoms with E-state index in [0.717, 1.165) is 22.1 Å². The maximum atomic E-state index is 10.9. The first-order chi connectivity index (χ1) is 11.0. The highest BCUT2D eigenvalue weighted by molar-refractivity contribution is 7.14. The van der Waals surface area contributed by atoms with Gasteiger partial charge in [0.1, 0.15) is 0 Å². The number of hydrogen-bond acceptors (Lipinski definition) is 4. The Labute approximate surface area is 139 Å². The Morgan fingerprint density at radius 1 is 1.35 bits per heavy atom. The molecule has 1 heterocycles. The van der Waals surface area contributed by atoms with E-state index in [1.807, 2.05) is 11.5 Å². The smallest absolute Gasteiger partial charge is 0.310 e. The number of hydrogen-bond donors (Lipinski definition) is 2. The van der Waals surface area contributed by atoms with Crippen LogP contribution in [0.2, 0.25) is 0 Å². The Morgan fingerprint density at radius 3 is 2.83 bits per heavy atom. The molecule has 0 saturated carbocycles. The first-order valence-corrected chi connectivity index (χ1v) is 8.32. The van der Waals surface area contributed by atoms with Gasteiger partial charge in [-0.15, -0.1) is 11.3 Å². The van der Waals surface area contributed by atoms with Crippen molar-refractivity contribution >= 4 is 22.4 Å².